The van der Waals surface area contributed by atoms with Gasteiger partial charge in [-0.1, -0.05) is 68.5 Å². The molecule has 1 spiro atoms. The van der Waals surface area contributed by atoms with Crippen molar-refractivity contribution in [2.24, 2.45) is 11.3 Å². The predicted octanol–water partition coefficient (Wildman–Crippen LogP) is 9.30. The normalized spacial score (nSPS) is 17.8. The third-order valence-corrected chi connectivity index (χ3v) is 13.7. The second-order valence-corrected chi connectivity index (χ2v) is 18.8. The van der Waals surface area contributed by atoms with Crippen molar-refractivity contribution in [3.8, 4) is 16.9 Å². The van der Waals surface area contributed by atoms with E-state index in [0.29, 0.717) is 72.7 Å². The number of pyridine rings is 1. The number of anilines is 2. The number of nitrogens with zero attached hydrogens (tertiary/aromatic N) is 4. The summed E-state index contributed by atoms with van der Waals surface area (Å²) in [7, 11) is 0. The zero-order valence-electron chi connectivity index (χ0n) is 35.3. The number of hydrogen-bond acceptors (Lipinski definition) is 10. The Hall–Kier alpha value is -5.33. The first-order chi connectivity index (χ1) is 28.8. The lowest BCUT2D eigenvalue weighted by atomic mass is 9.76. The second kappa shape index (κ2) is 17.0. The molecule has 0 unspecified atom stereocenters. The molecule has 11 nitrogen and oxygen atoms in total. The van der Waals surface area contributed by atoms with Gasteiger partial charge in [0.2, 0.25) is 0 Å². The van der Waals surface area contributed by atoms with Crippen LogP contribution < -0.4 is 15.0 Å². The third-order valence-electron chi connectivity index (χ3n) is 12.8. The van der Waals surface area contributed by atoms with Gasteiger partial charge in [0.15, 0.2) is 10.8 Å². The Morgan fingerprint density at radius 3 is 2.52 bits per heavy atom. The van der Waals surface area contributed by atoms with E-state index in [1.807, 2.05) is 74.5 Å². The molecule has 5 aromatic rings. The van der Waals surface area contributed by atoms with Gasteiger partial charge in [-0.2, -0.15) is 0 Å². The Bertz CT molecular complexity index is 2400. The molecule has 0 radical (unpaired) electrons. The molecule has 2 fully saturated rings. The van der Waals surface area contributed by atoms with Crippen molar-refractivity contribution in [2.45, 2.75) is 85.1 Å². The van der Waals surface area contributed by atoms with E-state index in [-0.39, 0.29) is 17.6 Å². The van der Waals surface area contributed by atoms with E-state index in [4.69, 9.17) is 14.5 Å². The van der Waals surface area contributed by atoms with Crippen molar-refractivity contribution in [3.63, 3.8) is 0 Å². The molecule has 1 atom stereocenters. The molecule has 3 aromatic carbocycles. The van der Waals surface area contributed by atoms with Gasteiger partial charge in [0.05, 0.1) is 30.0 Å². The second-order valence-electron chi connectivity index (χ2n) is 17.8. The largest absolute Gasteiger partial charge is 0.493 e. The van der Waals surface area contributed by atoms with Crippen molar-refractivity contribution in [1.82, 2.24) is 14.9 Å². The number of carboxylic acid groups (broad SMARTS) is 1. The van der Waals surface area contributed by atoms with Gasteiger partial charge in [-0.3, -0.25) is 19.8 Å². The van der Waals surface area contributed by atoms with E-state index >= 15 is 0 Å². The molecule has 3 aliphatic rings. The van der Waals surface area contributed by atoms with Crippen LogP contribution in [0, 0.1) is 18.3 Å². The van der Waals surface area contributed by atoms with Crippen molar-refractivity contribution >= 4 is 50.3 Å². The smallest absolute Gasteiger partial charge is 0.355 e. The maximum atomic E-state index is 13.8. The van der Waals surface area contributed by atoms with Crippen molar-refractivity contribution in [3.05, 3.63) is 100 Å². The number of fused-ring (bicyclic) bond motifs is 2. The van der Waals surface area contributed by atoms with Gasteiger partial charge < -0.3 is 19.5 Å². The summed E-state index contributed by atoms with van der Waals surface area (Å²) < 4.78 is 12.8. The average molecular weight is 830 g/mol. The number of thiazole rings is 1. The van der Waals surface area contributed by atoms with Crippen LogP contribution in [0.4, 0.5) is 10.9 Å². The van der Waals surface area contributed by atoms with Gasteiger partial charge >= 0.3 is 11.9 Å². The summed E-state index contributed by atoms with van der Waals surface area (Å²) in [6, 6.07) is 21.6. The molecule has 2 N–H and O–H groups in total. The topological polar surface area (TPSA) is 134 Å². The van der Waals surface area contributed by atoms with Crippen LogP contribution >= 0.6 is 11.3 Å². The van der Waals surface area contributed by atoms with Gasteiger partial charge in [0.1, 0.15) is 11.6 Å². The molecule has 60 heavy (non-hydrogen) atoms. The maximum Gasteiger partial charge on any atom is 0.355 e. The Morgan fingerprint density at radius 2 is 1.77 bits per heavy atom. The number of hydrogen-bond donors (Lipinski definition) is 2. The van der Waals surface area contributed by atoms with Crippen molar-refractivity contribution < 1.29 is 29.0 Å². The number of para-hydroxylation sites is 1. The molecule has 314 valence electrons. The molecule has 1 saturated carbocycles. The summed E-state index contributed by atoms with van der Waals surface area (Å²) in [6.07, 6.45) is 6.23. The molecule has 1 saturated heterocycles. The first-order valence-electron chi connectivity index (χ1n) is 21.2. The van der Waals surface area contributed by atoms with Gasteiger partial charge in [-0.05, 0) is 140 Å². The van der Waals surface area contributed by atoms with E-state index in [2.05, 4.69) is 46.9 Å². The number of carbonyl (C=O) groups is 3. The highest BCUT2D eigenvalue weighted by atomic mass is 32.1. The van der Waals surface area contributed by atoms with E-state index in [9.17, 15) is 19.5 Å². The molecule has 4 heterocycles. The molecule has 2 aromatic heterocycles. The van der Waals surface area contributed by atoms with Crippen LogP contribution in [0.2, 0.25) is 0 Å². The fourth-order valence-electron chi connectivity index (χ4n) is 9.54. The number of esters is 1. The van der Waals surface area contributed by atoms with Gasteiger partial charge in [-0.25, -0.2) is 14.8 Å². The molecule has 1 aliphatic carbocycles. The molecule has 0 bridgehead atoms. The zero-order valence-corrected chi connectivity index (χ0v) is 36.1. The quantitative estimate of drug-likeness (QED) is 0.124. The van der Waals surface area contributed by atoms with Crippen LogP contribution in [0.5, 0.6) is 5.75 Å². The van der Waals surface area contributed by atoms with Crippen LogP contribution in [0.3, 0.4) is 0 Å². The number of piperidine rings is 1. The fourth-order valence-corrected chi connectivity index (χ4v) is 10.4. The standard InChI is InChI=1S/C48H55N5O6S/c1-6-58-41(54)28-52-23-20-48(21-24-52)19-17-31(26-48)29-59-38-15-10-12-33(30(38)2)42-36(47(3,4)5)25-40(50-43(42)45(56)57)53-22-18-32-11-9-13-34(35(32)27-53)44(55)51-46-49-37-14-7-8-16-39(37)60-46/h7-16,25,31H,6,17-24,26-29H2,1-5H3,(H,56,57)(H,49,51,55)/t31-/m1/s1. The highest BCUT2D eigenvalue weighted by Crippen LogP contribution is 2.49. The SMILES string of the molecule is CCOC(=O)CN1CCC2(CC[C@@H](COc3cccc(-c4c(C(C)(C)C)cc(N5CCc6cccc(C(=O)Nc7nc8ccccc8s7)c6C5)nc4C(=O)O)c3C)C2)CC1. The van der Waals surface area contributed by atoms with Crippen LogP contribution in [-0.4, -0.2) is 77.2 Å². The van der Waals surface area contributed by atoms with Gasteiger partial charge in [-0.15, -0.1) is 0 Å². The number of likely N-dealkylation sites (tertiary alicyclic amines) is 1. The minimum atomic E-state index is -1.10. The summed E-state index contributed by atoms with van der Waals surface area (Å²) >= 11 is 1.44. The Kier molecular flexibility index (Phi) is 11.7. The van der Waals surface area contributed by atoms with E-state index in [0.717, 1.165) is 82.6 Å². The monoisotopic (exact) mass is 829 g/mol. The third kappa shape index (κ3) is 8.63. The van der Waals surface area contributed by atoms with Crippen LogP contribution in [0.15, 0.2) is 66.7 Å². The lowest BCUT2D eigenvalue weighted by Crippen LogP contribution is -2.41. The first kappa shape index (κ1) is 41.4. The number of carboxylic acids is 1. The number of carbonyl (C=O) groups excluding carboxylic acids is 2. The highest BCUT2D eigenvalue weighted by molar-refractivity contribution is 7.22. The molecule has 2 aliphatic heterocycles. The summed E-state index contributed by atoms with van der Waals surface area (Å²) in [5.41, 5.74) is 6.42. The fraction of sp³-hybridized carbons (Fsp3) is 0.438. The highest BCUT2D eigenvalue weighted by Gasteiger charge is 2.42. The van der Waals surface area contributed by atoms with Crippen molar-refractivity contribution in [2.75, 3.05) is 49.6 Å². The van der Waals surface area contributed by atoms with Crippen LogP contribution in [0.1, 0.15) is 103 Å². The first-order valence-corrected chi connectivity index (χ1v) is 22.0. The lowest BCUT2D eigenvalue weighted by Gasteiger charge is -2.39. The van der Waals surface area contributed by atoms with Crippen molar-refractivity contribution in [1.29, 1.82) is 0 Å². The van der Waals surface area contributed by atoms with Crippen LogP contribution in [0.25, 0.3) is 21.3 Å². The number of nitrogens with one attached hydrogen (secondary N) is 1. The summed E-state index contributed by atoms with van der Waals surface area (Å²) in [4.78, 5) is 52.8. The van der Waals surface area contributed by atoms with E-state index < -0.39 is 11.4 Å². The number of aromatic nitrogens is 2. The molecular weight excluding hydrogens is 775 g/mol. The minimum Gasteiger partial charge on any atom is -0.493 e. The average Bonchev–Trinajstić information content (AvgIpc) is 3.83. The predicted molar refractivity (Wildman–Crippen MR) is 236 cm³/mol. The van der Waals surface area contributed by atoms with E-state index in [1.54, 1.807) is 0 Å². The molecular formula is C48H55N5O6S. The summed E-state index contributed by atoms with van der Waals surface area (Å²) in [5.74, 6) is 0.283. The van der Waals surface area contributed by atoms with Gasteiger partial charge in [0, 0.05) is 24.2 Å². The Labute approximate surface area is 356 Å². The Morgan fingerprint density at radius 1 is 0.983 bits per heavy atom. The number of aromatic carboxylic acids is 1. The summed E-state index contributed by atoms with van der Waals surface area (Å²) in [5, 5.41) is 14.4. The van der Waals surface area contributed by atoms with Gasteiger partial charge in [0.25, 0.3) is 5.91 Å². The minimum absolute atomic E-state index is 0.00244. The Balaban J connectivity index is 1.01. The number of ether oxygens (including phenoxy) is 2. The van der Waals surface area contributed by atoms with Crippen LogP contribution in [-0.2, 0) is 27.9 Å². The molecule has 12 heteroatoms. The van der Waals surface area contributed by atoms with E-state index in [1.165, 1.54) is 17.8 Å². The summed E-state index contributed by atoms with van der Waals surface area (Å²) in [6.45, 7) is 14.4. The zero-order chi connectivity index (χ0) is 42.2. The number of amides is 1. The molecule has 1 amide bonds. The number of rotatable bonds is 11. The maximum absolute atomic E-state index is 13.8. The lowest BCUT2D eigenvalue weighted by molar-refractivity contribution is -0.145. The molecule has 8 rings (SSSR count). The number of benzene rings is 3.